The number of aliphatic carboxylic acids is 1. The molecular weight excluding hydrogens is 354 g/mol. The molecule has 4 rings (SSSR count). The van der Waals surface area contributed by atoms with Gasteiger partial charge in [-0.2, -0.15) is 0 Å². The average molecular weight is 367 g/mol. The Balaban J connectivity index is 1.76. The topological polar surface area (TPSA) is 97.7 Å². The van der Waals surface area contributed by atoms with Gasteiger partial charge in [-0.1, -0.05) is 17.4 Å². The maximum absolute atomic E-state index is 11.2. The summed E-state index contributed by atoms with van der Waals surface area (Å²) in [5, 5.41) is 19.9. The zero-order valence-electron chi connectivity index (χ0n) is 13.6. The second-order valence-electron chi connectivity index (χ2n) is 5.97. The summed E-state index contributed by atoms with van der Waals surface area (Å²) in [7, 11) is 0. The Hall–Kier alpha value is -3.26. The third kappa shape index (κ3) is 2.60. The number of nitro benzene ring substituents is 1. The number of nitro groups is 1. The number of benzene rings is 2. The third-order valence-electron chi connectivity index (χ3n) is 4.36. The lowest BCUT2D eigenvalue weighted by molar-refractivity contribution is -0.384. The number of hydrogen-bond donors (Lipinski definition) is 1. The van der Waals surface area contributed by atoms with Crippen LogP contribution in [-0.4, -0.2) is 25.4 Å². The molecule has 7 nitrogen and oxygen atoms in total. The molecule has 1 atom stereocenters. The summed E-state index contributed by atoms with van der Waals surface area (Å²) in [4.78, 5) is 26.9. The Labute approximate surface area is 151 Å². The molecule has 0 amide bonds. The highest BCUT2D eigenvalue weighted by Crippen LogP contribution is 2.32. The molecule has 8 heteroatoms. The lowest BCUT2D eigenvalue weighted by Crippen LogP contribution is -2.06. The number of non-ortho nitro benzene ring substituents is 1. The van der Waals surface area contributed by atoms with E-state index >= 15 is 0 Å². The summed E-state index contributed by atoms with van der Waals surface area (Å²) in [6.45, 7) is 1.66. The Morgan fingerprint density at radius 1 is 1.27 bits per heavy atom. The maximum Gasteiger partial charge on any atom is 0.310 e. The fourth-order valence-electron chi connectivity index (χ4n) is 2.82. The van der Waals surface area contributed by atoms with Crippen LogP contribution in [0.25, 0.3) is 26.4 Å². The molecule has 0 fully saturated rings. The van der Waals surface area contributed by atoms with Crippen LogP contribution in [0.5, 0.6) is 0 Å². The first-order valence-corrected chi connectivity index (χ1v) is 8.65. The van der Waals surface area contributed by atoms with Gasteiger partial charge >= 0.3 is 5.97 Å². The van der Waals surface area contributed by atoms with Crippen LogP contribution < -0.4 is 0 Å². The number of carbonyl (C=O) groups is 1. The highest BCUT2D eigenvalue weighted by molar-refractivity contribution is 7.23. The lowest BCUT2D eigenvalue weighted by atomic mass is 10.0. The van der Waals surface area contributed by atoms with Crippen molar-refractivity contribution in [1.82, 2.24) is 9.38 Å². The molecule has 2 aromatic carbocycles. The molecular formula is C18H13N3O4S. The predicted molar refractivity (Wildman–Crippen MR) is 98.7 cm³/mol. The van der Waals surface area contributed by atoms with E-state index < -0.39 is 16.8 Å². The van der Waals surface area contributed by atoms with Crippen molar-refractivity contribution in [2.75, 3.05) is 0 Å². The number of thiazole rings is 1. The highest BCUT2D eigenvalue weighted by Gasteiger charge is 2.16. The van der Waals surface area contributed by atoms with Gasteiger partial charge in [0, 0.05) is 23.9 Å². The maximum atomic E-state index is 11.2. The molecule has 0 radical (unpaired) electrons. The number of carboxylic acid groups (broad SMARTS) is 1. The average Bonchev–Trinajstić information content (AvgIpc) is 3.18. The smallest absolute Gasteiger partial charge is 0.310 e. The van der Waals surface area contributed by atoms with Gasteiger partial charge in [0.05, 0.1) is 26.8 Å². The molecule has 0 saturated heterocycles. The molecule has 1 N–H and O–H groups in total. The van der Waals surface area contributed by atoms with Crippen LogP contribution in [0.15, 0.2) is 48.7 Å². The predicted octanol–water partition coefficient (Wildman–Crippen LogP) is 4.31. The minimum atomic E-state index is -0.855. The van der Waals surface area contributed by atoms with Crippen molar-refractivity contribution < 1.29 is 14.8 Å². The molecule has 0 saturated carbocycles. The Morgan fingerprint density at radius 2 is 2.00 bits per heavy atom. The fourth-order valence-corrected chi connectivity index (χ4v) is 3.88. The quantitative estimate of drug-likeness (QED) is 0.428. The van der Waals surface area contributed by atoms with E-state index in [2.05, 4.69) is 4.98 Å². The zero-order chi connectivity index (χ0) is 18.4. The largest absolute Gasteiger partial charge is 0.481 e. The molecule has 0 bridgehead atoms. The first-order valence-electron chi connectivity index (χ1n) is 7.83. The molecule has 0 aliphatic carbocycles. The number of imidazole rings is 1. The first kappa shape index (κ1) is 16.2. The monoisotopic (exact) mass is 367 g/mol. The van der Waals surface area contributed by atoms with Gasteiger partial charge in [0.15, 0.2) is 4.96 Å². The van der Waals surface area contributed by atoms with Gasteiger partial charge < -0.3 is 5.11 Å². The van der Waals surface area contributed by atoms with Crippen molar-refractivity contribution in [2.24, 2.45) is 0 Å². The summed E-state index contributed by atoms with van der Waals surface area (Å²) in [6.07, 6.45) is 1.88. The van der Waals surface area contributed by atoms with E-state index in [-0.39, 0.29) is 5.69 Å². The van der Waals surface area contributed by atoms with Crippen molar-refractivity contribution >= 4 is 38.2 Å². The molecule has 0 spiro atoms. The summed E-state index contributed by atoms with van der Waals surface area (Å²) in [5.74, 6) is -1.42. The Bertz CT molecular complexity index is 1160. The van der Waals surface area contributed by atoms with Gasteiger partial charge in [0.1, 0.15) is 0 Å². The van der Waals surface area contributed by atoms with Crippen molar-refractivity contribution in [2.45, 2.75) is 12.8 Å². The van der Waals surface area contributed by atoms with Crippen LogP contribution in [0.2, 0.25) is 0 Å². The van der Waals surface area contributed by atoms with E-state index in [1.54, 1.807) is 19.1 Å². The van der Waals surface area contributed by atoms with Crippen LogP contribution >= 0.6 is 11.3 Å². The van der Waals surface area contributed by atoms with Crippen LogP contribution in [0.4, 0.5) is 5.69 Å². The molecule has 130 valence electrons. The van der Waals surface area contributed by atoms with Crippen LogP contribution in [-0.2, 0) is 4.79 Å². The molecule has 4 aromatic rings. The number of carboxylic acids is 1. The summed E-state index contributed by atoms with van der Waals surface area (Å²) < 4.78 is 2.92. The van der Waals surface area contributed by atoms with E-state index in [0.29, 0.717) is 0 Å². The standard InChI is InChI=1S/C18H13N3O4S/c1-10(17(22)23)12-4-7-15-16(8-12)26-18-19-14(9-20(15)18)11-2-5-13(6-3-11)21(24)25/h2-10H,1H3,(H,22,23). The SMILES string of the molecule is CC(C(=O)O)c1ccc2c(c1)sc1nc(-c3ccc([N+](=O)[O-])cc3)cn12. The van der Waals surface area contributed by atoms with Gasteiger partial charge in [-0.25, -0.2) is 4.98 Å². The summed E-state index contributed by atoms with van der Waals surface area (Å²) in [6, 6.07) is 11.9. The summed E-state index contributed by atoms with van der Waals surface area (Å²) >= 11 is 1.48. The molecule has 0 aliphatic heterocycles. The number of fused-ring (bicyclic) bond motifs is 3. The van der Waals surface area contributed by atoms with Gasteiger partial charge in [0.2, 0.25) is 0 Å². The van der Waals surface area contributed by atoms with Crippen LogP contribution in [0.3, 0.4) is 0 Å². The third-order valence-corrected chi connectivity index (χ3v) is 5.38. The minimum absolute atomic E-state index is 0.0419. The van der Waals surface area contributed by atoms with Crippen molar-refractivity contribution in [3.63, 3.8) is 0 Å². The van der Waals surface area contributed by atoms with Crippen LogP contribution in [0.1, 0.15) is 18.4 Å². The Kier molecular flexibility index (Phi) is 3.69. The minimum Gasteiger partial charge on any atom is -0.481 e. The number of aromatic nitrogens is 2. The molecule has 0 aliphatic rings. The van der Waals surface area contributed by atoms with E-state index in [9.17, 15) is 14.9 Å². The Morgan fingerprint density at radius 3 is 2.65 bits per heavy atom. The van der Waals surface area contributed by atoms with E-state index in [0.717, 1.165) is 32.0 Å². The molecule has 2 aromatic heterocycles. The van der Waals surface area contributed by atoms with E-state index in [1.165, 1.54) is 23.5 Å². The highest BCUT2D eigenvalue weighted by atomic mass is 32.1. The molecule has 1 unspecified atom stereocenters. The number of hydrogen-bond acceptors (Lipinski definition) is 5. The molecule has 2 heterocycles. The summed E-state index contributed by atoms with van der Waals surface area (Å²) in [5.41, 5.74) is 3.28. The normalized spacial score (nSPS) is 12.5. The van der Waals surface area contributed by atoms with Gasteiger partial charge in [-0.3, -0.25) is 19.3 Å². The second kappa shape index (κ2) is 5.92. The first-order chi connectivity index (χ1) is 12.4. The molecule has 26 heavy (non-hydrogen) atoms. The van der Waals surface area contributed by atoms with Gasteiger partial charge in [-0.15, -0.1) is 0 Å². The zero-order valence-corrected chi connectivity index (χ0v) is 14.4. The van der Waals surface area contributed by atoms with Crippen molar-refractivity contribution in [3.05, 3.63) is 64.3 Å². The lowest BCUT2D eigenvalue weighted by Gasteiger charge is -2.05. The van der Waals surface area contributed by atoms with E-state index in [4.69, 9.17) is 5.11 Å². The second-order valence-corrected chi connectivity index (χ2v) is 6.98. The van der Waals surface area contributed by atoms with Crippen molar-refractivity contribution in [3.8, 4) is 11.3 Å². The van der Waals surface area contributed by atoms with Gasteiger partial charge in [0.25, 0.3) is 5.69 Å². The van der Waals surface area contributed by atoms with Crippen LogP contribution in [0, 0.1) is 10.1 Å². The van der Waals surface area contributed by atoms with Crippen molar-refractivity contribution in [1.29, 1.82) is 0 Å². The fraction of sp³-hybridized carbons (Fsp3) is 0.111. The van der Waals surface area contributed by atoms with Gasteiger partial charge in [-0.05, 0) is 36.8 Å². The number of rotatable bonds is 4. The van der Waals surface area contributed by atoms with E-state index in [1.807, 2.05) is 28.8 Å². The number of nitrogens with zero attached hydrogens (tertiary/aromatic N) is 3.